The molecule has 24 heavy (non-hydrogen) atoms. The van der Waals surface area contributed by atoms with Crippen LogP contribution in [0.25, 0.3) is 0 Å². The Kier molecular flexibility index (Phi) is 6.70. The molecule has 2 aromatic rings. The van der Waals surface area contributed by atoms with E-state index < -0.39 is 0 Å². The first kappa shape index (κ1) is 17.9. The molecule has 0 bridgehead atoms. The van der Waals surface area contributed by atoms with Crippen LogP contribution in [-0.2, 0) is 14.4 Å². The van der Waals surface area contributed by atoms with Crippen molar-refractivity contribution < 1.29 is 14.4 Å². The van der Waals surface area contributed by atoms with Gasteiger partial charge in [0, 0.05) is 6.42 Å². The highest BCUT2D eigenvalue weighted by Gasteiger charge is 2.27. The SMILES string of the molecule is CCCC(=O)N(OCC(C)=O)C(c1ccccc1)c1ccccc1. The Morgan fingerprint density at radius 3 is 1.88 bits per heavy atom. The molecule has 0 radical (unpaired) electrons. The number of carbonyl (C=O) groups is 2. The van der Waals surface area contributed by atoms with Gasteiger partial charge in [-0.3, -0.25) is 14.4 Å². The monoisotopic (exact) mass is 325 g/mol. The Balaban J connectivity index is 2.43. The van der Waals surface area contributed by atoms with Crippen LogP contribution in [0.3, 0.4) is 0 Å². The Morgan fingerprint density at radius 1 is 0.958 bits per heavy atom. The van der Waals surface area contributed by atoms with Gasteiger partial charge in [0.15, 0.2) is 5.78 Å². The molecule has 1 amide bonds. The topological polar surface area (TPSA) is 46.6 Å². The fourth-order valence-corrected chi connectivity index (χ4v) is 2.51. The molecule has 0 atom stereocenters. The van der Waals surface area contributed by atoms with E-state index in [1.165, 1.54) is 12.0 Å². The van der Waals surface area contributed by atoms with E-state index in [0.29, 0.717) is 6.42 Å². The lowest BCUT2D eigenvalue weighted by Gasteiger charge is -2.31. The molecular formula is C20H23NO3. The van der Waals surface area contributed by atoms with Crippen molar-refractivity contribution in [3.05, 3.63) is 71.8 Å². The van der Waals surface area contributed by atoms with Gasteiger partial charge in [-0.25, -0.2) is 5.06 Å². The van der Waals surface area contributed by atoms with Crippen LogP contribution in [0.15, 0.2) is 60.7 Å². The lowest BCUT2D eigenvalue weighted by molar-refractivity contribution is -0.197. The normalized spacial score (nSPS) is 10.6. The molecule has 4 nitrogen and oxygen atoms in total. The van der Waals surface area contributed by atoms with Gasteiger partial charge in [0.1, 0.15) is 12.6 Å². The molecule has 0 saturated carbocycles. The van der Waals surface area contributed by atoms with E-state index in [4.69, 9.17) is 4.84 Å². The molecule has 0 aliphatic heterocycles. The third kappa shape index (κ3) is 4.77. The highest BCUT2D eigenvalue weighted by Crippen LogP contribution is 2.29. The van der Waals surface area contributed by atoms with Gasteiger partial charge < -0.3 is 0 Å². The largest absolute Gasteiger partial charge is 0.297 e. The first-order valence-corrected chi connectivity index (χ1v) is 8.17. The summed E-state index contributed by atoms with van der Waals surface area (Å²) in [5.41, 5.74) is 1.88. The molecule has 2 rings (SSSR count). The van der Waals surface area contributed by atoms with E-state index in [2.05, 4.69) is 0 Å². The Morgan fingerprint density at radius 2 is 1.46 bits per heavy atom. The molecule has 0 aliphatic carbocycles. The molecule has 126 valence electrons. The number of rotatable bonds is 8. The predicted octanol–water partition coefficient (Wildman–Crippen LogP) is 3.93. The van der Waals surface area contributed by atoms with Crippen LogP contribution in [0.1, 0.15) is 43.9 Å². The number of hydrogen-bond acceptors (Lipinski definition) is 3. The van der Waals surface area contributed by atoms with E-state index in [-0.39, 0.29) is 24.3 Å². The van der Waals surface area contributed by atoms with Crippen molar-refractivity contribution in [1.29, 1.82) is 0 Å². The number of hydroxylamine groups is 2. The summed E-state index contributed by atoms with van der Waals surface area (Å²) in [6, 6.07) is 19.0. The Bertz CT molecular complexity index is 616. The van der Waals surface area contributed by atoms with Gasteiger partial charge in [0.05, 0.1) is 0 Å². The standard InChI is InChI=1S/C20H23NO3/c1-3-10-19(23)21(24-15-16(2)22)20(17-11-6-4-7-12-17)18-13-8-5-9-14-18/h4-9,11-14,20H,3,10,15H2,1-2H3. The summed E-state index contributed by atoms with van der Waals surface area (Å²) < 4.78 is 0. The molecule has 0 unspecified atom stereocenters. The second-order valence-corrected chi connectivity index (χ2v) is 5.67. The first-order chi connectivity index (χ1) is 11.6. The second-order valence-electron chi connectivity index (χ2n) is 5.67. The molecule has 0 aliphatic rings. The molecule has 0 N–H and O–H groups in total. The Hall–Kier alpha value is -2.46. The van der Waals surface area contributed by atoms with Crippen molar-refractivity contribution in [1.82, 2.24) is 5.06 Å². The van der Waals surface area contributed by atoms with E-state index in [1.54, 1.807) is 0 Å². The summed E-state index contributed by atoms with van der Waals surface area (Å²) in [5, 5.41) is 1.36. The molecule has 4 heteroatoms. The van der Waals surface area contributed by atoms with Crippen molar-refractivity contribution in [2.24, 2.45) is 0 Å². The molecule has 2 aromatic carbocycles. The first-order valence-electron chi connectivity index (χ1n) is 8.17. The van der Waals surface area contributed by atoms with Gasteiger partial charge in [-0.2, -0.15) is 0 Å². The third-order valence-electron chi connectivity index (χ3n) is 3.58. The number of ketones is 1. The quantitative estimate of drug-likeness (QED) is 0.691. The minimum absolute atomic E-state index is 0.119. The average molecular weight is 325 g/mol. The smallest absolute Gasteiger partial charge is 0.247 e. The maximum atomic E-state index is 12.6. The van der Waals surface area contributed by atoms with Gasteiger partial charge in [0.2, 0.25) is 5.91 Å². The summed E-state index contributed by atoms with van der Waals surface area (Å²) >= 11 is 0. The average Bonchev–Trinajstić information content (AvgIpc) is 2.60. The van der Waals surface area contributed by atoms with Gasteiger partial charge in [-0.1, -0.05) is 67.6 Å². The summed E-state index contributed by atoms with van der Waals surface area (Å²) in [6.07, 6.45) is 1.09. The summed E-state index contributed by atoms with van der Waals surface area (Å²) in [5.74, 6) is -0.249. The van der Waals surface area contributed by atoms with Crippen LogP contribution >= 0.6 is 0 Å². The zero-order valence-corrected chi connectivity index (χ0v) is 14.1. The van der Waals surface area contributed by atoms with Gasteiger partial charge in [-0.05, 0) is 24.5 Å². The molecule has 0 heterocycles. The number of carbonyl (C=O) groups excluding carboxylic acids is 2. The highest BCUT2D eigenvalue weighted by atomic mass is 16.7. The van der Waals surface area contributed by atoms with Crippen LogP contribution in [0.5, 0.6) is 0 Å². The van der Waals surface area contributed by atoms with Crippen molar-refractivity contribution in [2.45, 2.75) is 32.7 Å². The van der Waals surface area contributed by atoms with E-state index in [9.17, 15) is 9.59 Å². The number of benzene rings is 2. The maximum Gasteiger partial charge on any atom is 0.247 e. The van der Waals surface area contributed by atoms with Crippen molar-refractivity contribution in [3.8, 4) is 0 Å². The highest BCUT2D eigenvalue weighted by molar-refractivity contribution is 5.78. The summed E-state index contributed by atoms with van der Waals surface area (Å²) in [7, 11) is 0. The molecule has 0 aromatic heterocycles. The van der Waals surface area contributed by atoms with E-state index in [0.717, 1.165) is 17.5 Å². The number of Topliss-reactive ketones (excluding diaryl/α,β-unsaturated/α-hetero) is 1. The van der Waals surface area contributed by atoms with Crippen molar-refractivity contribution in [3.63, 3.8) is 0 Å². The number of amides is 1. The van der Waals surface area contributed by atoms with Crippen LogP contribution in [-0.4, -0.2) is 23.4 Å². The lowest BCUT2D eigenvalue weighted by atomic mass is 9.98. The van der Waals surface area contributed by atoms with E-state index >= 15 is 0 Å². The van der Waals surface area contributed by atoms with Crippen molar-refractivity contribution >= 4 is 11.7 Å². The zero-order valence-electron chi connectivity index (χ0n) is 14.1. The van der Waals surface area contributed by atoms with Crippen LogP contribution in [0.4, 0.5) is 0 Å². The fourth-order valence-electron chi connectivity index (χ4n) is 2.51. The lowest BCUT2D eigenvalue weighted by Crippen LogP contribution is -2.36. The van der Waals surface area contributed by atoms with Gasteiger partial charge in [-0.15, -0.1) is 0 Å². The molecule has 0 spiro atoms. The number of hydrogen-bond donors (Lipinski definition) is 0. The summed E-state index contributed by atoms with van der Waals surface area (Å²) in [6.45, 7) is 3.27. The Labute approximate surface area is 143 Å². The van der Waals surface area contributed by atoms with Crippen LogP contribution in [0.2, 0.25) is 0 Å². The van der Waals surface area contributed by atoms with E-state index in [1.807, 2.05) is 67.6 Å². The maximum absolute atomic E-state index is 12.6. The second kappa shape index (κ2) is 8.99. The molecule has 0 saturated heterocycles. The van der Waals surface area contributed by atoms with Crippen LogP contribution in [0, 0.1) is 0 Å². The summed E-state index contributed by atoms with van der Waals surface area (Å²) in [4.78, 5) is 29.6. The van der Waals surface area contributed by atoms with Gasteiger partial charge >= 0.3 is 0 Å². The minimum Gasteiger partial charge on any atom is -0.297 e. The third-order valence-corrected chi connectivity index (χ3v) is 3.58. The zero-order chi connectivity index (χ0) is 17.4. The predicted molar refractivity (Wildman–Crippen MR) is 93.1 cm³/mol. The fraction of sp³-hybridized carbons (Fsp3) is 0.300. The minimum atomic E-state index is -0.384. The number of nitrogens with zero attached hydrogens (tertiary/aromatic N) is 1. The van der Waals surface area contributed by atoms with Crippen molar-refractivity contribution in [2.75, 3.05) is 6.61 Å². The van der Waals surface area contributed by atoms with Gasteiger partial charge in [0.25, 0.3) is 0 Å². The molecule has 0 fully saturated rings. The molecular weight excluding hydrogens is 302 g/mol. The van der Waals surface area contributed by atoms with Crippen LogP contribution < -0.4 is 0 Å².